The van der Waals surface area contributed by atoms with Crippen LogP contribution < -0.4 is 5.73 Å². The first-order chi connectivity index (χ1) is 6.60. The molecule has 2 N–H and O–H groups in total. The van der Waals surface area contributed by atoms with Crippen molar-refractivity contribution in [1.82, 2.24) is 0 Å². The van der Waals surface area contributed by atoms with E-state index in [1.165, 1.54) is 12.8 Å². The van der Waals surface area contributed by atoms with Gasteiger partial charge in [-0.1, -0.05) is 0 Å². The van der Waals surface area contributed by atoms with Gasteiger partial charge in [0.05, 0.1) is 0 Å². The van der Waals surface area contributed by atoms with E-state index in [0.29, 0.717) is 6.04 Å². The molecule has 1 unspecified atom stereocenters. The Kier molecular flexibility index (Phi) is 8.29. The van der Waals surface area contributed by atoms with Gasteiger partial charge in [-0.25, -0.2) is 0 Å². The van der Waals surface area contributed by atoms with Crippen LogP contribution in [0.15, 0.2) is 0 Å². The van der Waals surface area contributed by atoms with Crippen LogP contribution in [0.2, 0.25) is 8.87 Å². The van der Waals surface area contributed by atoms with E-state index in [1.807, 2.05) is 0 Å². The number of hydrogen-bond acceptors (Lipinski definition) is 3. The van der Waals surface area contributed by atoms with Crippen molar-refractivity contribution in [3.8, 4) is 0 Å². The summed E-state index contributed by atoms with van der Waals surface area (Å²) >= 11 is -2.57. The third kappa shape index (κ3) is 5.53. The molecule has 1 atom stereocenters. The molecule has 0 aromatic carbocycles. The van der Waals surface area contributed by atoms with E-state index in [0.717, 1.165) is 15.3 Å². The van der Waals surface area contributed by atoms with Gasteiger partial charge in [-0.2, -0.15) is 0 Å². The Morgan fingerprint density at radius 3 is 2.14 bits per heavy atom. The van der Waals surface area contributed by atoms with E-state index in [2.05, 4.69) is 13.8 Å². The zero-order valence-electron chi connectivity index (χ0n) is 10.0. The molecule has 0 aromatic heterocycles. The number of hydrogen-bond donors (Lipinski definition) is 1. The van der Waals surface area contributed by atoms with Gasteiger partial charge < -0.3 is 0 Å². The summed E-state index contributed by atoms with van der Waals surface area (Å²) in [4.78, 5) is 0. The van der Waals surface area contributed by atoms with Crippen LogP contribution >= 0.6 is 0 Å². The minimum absolute atomic E-state index is 0.325. The van der Waals surface area contributed by atoms with Crippen molar-refractivity contribution in [3.05, 3.63) is 0 Å². The first-order valence-corrected chi connectivity index (χ1v) is 11.8. The van der Waals surface area contributed by atoms with Crippen LogP contribution in [0.25, 0.3) is 0 Å². The molecule has 0 rings (SSSR count). The van der Waals surface area contributed by atoms with E-state index >= 15 is 0 Å². The molecule has 14 heavy (non-hydrogen) atoms. The summed E-state index contributed by atoms with van der Waals surface area (Å²) in [5.41, 5.74) is 5.69. The summed E-state index contributed by atoms with van der Waals surface area (Å²) < 4.78 is 13.5. The number of rotatable bonds is 8. The summed E-state index contributed by atoms with van der Waals surface area (Å²) in [7, 11) is 3.60. The van der Waals surface area contributed by atoms with E-state index < -0.39 is 19.2 Å². The first kappa shape index (κ1) is 14.7. The summed E-state index contributed by atoms with van der Waals surface area (Å²) in [5, 5.41) is 0. The maximum absolute atomic E-state index is 5.69. The fourth-order valence-electron chi connectivity index (χ4n) is 1.61. The summed E-state index contributed by atoms with van der Waals surface area (Å²) in [6.07, 6.45) is 3.51. The van der Waals surface area contributed by atoms with Gasteiger partial charge in [-0.3, -0.25) is 0 Å². The van der Waals surface area contributed by atoms with Crippen molar-refractivity contribution in [2.45, 2.75) is 48.0 Å². The Balaban J connectivity index is 3.71. The standard InChI is InChI=1S/C6H14N.C2H5.2CH3O.Sn/c1-3-4-5-6(2)7;3*1-2;/h6H,1,3-5,7H2,2H3;1H2,2H3;2*1H3;/q;;2*-1;+2. The van der Waals surface area contributed by atoms with E-state index in [4.69, 9.17) is 11.9 Å². The van der Waals surface area contributed by atoms with Crippen LogP contribution in [0.1, 0.15) is 33.1 Å². The molecule has 0 spiro atoms. The Bertz CT molecular complexity index is 130. The monoisotopic (exact) mass is 311 g/mol. The summed E-state index contributed by atoms with van der Waals surface area (Å²) in [6.45, 7) is 4.23. The molecule has 0 saturated heterocycles. The third-order valence-electron chi connectivity index (χ3n) is 2.75. The molecule has 0 aliphatic rings. The van der Waals surface area contributed by atoms with Gasteiger partial charge in [0.25, 0.3) is 0 Å². The molecule has 0 radical (unpaired) electrons. The molecule has 0 heterocycles. The van der Waals surface area contributed by atoms with Crippen molar-refractivity contribution < 1.29 is 6.15 Å². The topological polar surface area (TPSA) is 44.5 Å². The third-order valence-corrected chi connectivity index (χ3v) is 13.3. The van der Waals surface area contributed by atoms with E-state index in [-0.39, 0.29) is 0 Å². The summed E-state index contributed by atoms with van der Waals surface area (Å²) in [6, 6.07) is 0.325. The Hall–Kier alpha value is 0.679. The average molecular weight is 310 g/mol. The van der Waals surface area contributed by atoms with Gasteiger partial charge in [0.2, 0.25) is 0 Å². The van der Waals surface area contributed by atoms with Gasteiger partial charge in [-0.15, -0.1) is 0 Å². The van der Waals surface area contributed by atoms with E-state index in [1.54, 1.807) is 14.2 Å². The van der Waals surface area contributed by atoms with Crippen LogP contribution in [-0.4, -0.2) is 39.5 Å². The van der Waals surface area contributed by atoms with Gasteiger partial charge >= 0.3 is 93.3 Å². The second-order valence-electron chi connectivity index (χ2n) is 3.90. The summed E-state index contributed by atoms with van der Waals surface area (Å²) in [5.74, 6) is 0. The normalized spacial score (nSPS) is 14.4. The van der Waals surface area contributed by atoms with Crippen molar-refractivity contribution in [2.75, 3.05) is 14.2 Å². The molecule has 86 valence electrons. The Morgan fingerprint density at radius 2 is 1.79 bits per heavy atom. The quantitative estimate of drug-likeness (QED) is 0.552. The van der Waals surface area contributed by atoms with Crippen LogP contribution in [0.4, 0.5) is 0 Å². The zero-order valence-corrected chi connectivity index (χ0v) is 12.9. The van der Waals surface area contributed by atoms with Gasteiger partial charge in [0, 0.05) is 0 Å². The molecule has 0 aromatic rings. The van der Waals surface area contributed by atoms with Crippen molar-refractivity contribution in [3.63, 3.8) is 0 Å². The van der Waals surface area contributed by atoms with Crippen molar-refractivity contribution in [1.29, 1.82) is 0 Å². The second-order valence-corrected chi connectivity index (χ2v) is 14.9. The number of nitrogens with two attached hydrogens (primary N) is 1. The molecular formula is C10H25NO2Sn. The van der Waals surface area contributed by atoms with Crippen LogP contribution in [-0.2, 0) is 6.15 Å². The van der Waals surface area contributed by atoms with Crippen LogP contribution in [0.3, 0.4) is 0 Å². The molecule has 0 aliphatic carbocycles. The van der Waals surface area contributed by atoms with Gasteiger partial charge in [0.1, 0.15) is 0 Å². The molecule has 0 saturated carbocycles. The molecule has 0 fully saturated rings. The van der Waals surface area contributed by atoms with Crippen molar-refractivity contribution >= 4 is 19.2 Å². The van der Waals surface area contributed by atoms with Crippen LogP contribution in [0.5, 0.6) is 0 Å². The van der Waals surface area contributed by atoms with Crippen LogP contribution in [0, 0.1) is 0 Å². The SMILES string of the molecule is C[CH2][Sn]([CH2]CCCC(C)N)([O]C)[O]C. The predicted octanol–water partition coefficient (Wildman–Crippen LogP) is 2.26. The molecule has 4 heteroatoms. The predicted molar refractivity (Wildman–Crippen MR) is 62.6 cm³/mol. The second kappa shape index (κ2) is 7.90. The molecule has 0 amide bonds. The molecule has 3 nitrogen and oxygen atoms in total. The zero-order chi connectivity index (χ0) is 11.0. The van der Waals surface area contributed by atoms with Gasteiger partial charge in [0.15, 0.2) is 0 Å². The molecular weight excluding hydrogens is 285 g/mol. The fourth-order valence-corrected chi connectivity index (χ4v) is 8.16. The van der Waals surface area contributed by atoms with E-state index in [9.17, 15) is 0 Å². The molecule has 0 aliphatic heterocycles. The fraction of sp³-hybridized carbons (Fsp3) is 1.00. The van der Waals surface area contributed by atoms with Crippen molar-refractivity contribution in [2.24, 2.45) is 5.73 Å². The average Bonchev–Trinajstić information content (AvgIpc) is 2.19. The minimum atomic E-state index is -2.57. The Morgan fingerprint density at radius 1 is 1.21 bits per heavy atom. The molecule has 0 bridgehead atoms. The van der Waals surface area contributed by atoms with Gasteiger partial charge in [-0.05, 0) is 0 Å². The Labute approximate surface area is 93.3 Å². The maximum atomic E-state index is 5.69. The number of unbranched alkanes of at least 4 members (excludes halogenated alkanes) is 1. The first-order valence-electron chi connectivity index (χ1n) is 5.46.